The lowest BCUT2D eigenvalue weighted by Crippen LogP contribution is -2.34. The number of hydrogen-bond acceptors (Lipinski definition) is 3. The second-order valence-corrected chi connectivity index (χ2v) is 5.64. The van der Waals surface area contributed by atoms with Crippen LogP contribution in [-0.4, -0.2) is 25.1 Å². The third kappa shape index (κ3) is 5.05. The highest BCUT2D eigenvalue weighted by atomic mass is 16.5. The van der Waals surface area contributed by atoms with Gasteiger partial charge in [0.15, 0.2) is 0 Å². The first kappa shape index (κ1) is 15.8. The second-order valence-electron chi connectivity index (χ2n) is 5.64. The summed E-state index contributed by atoms with van der Waals surface area (Å²) >= 11 is 0. The molecule has 1 atom stereocenters. The van der Waals surface area contributed by atoms with Gasteiger partial charge in [0, 0.05) is 18.2 Å². The summed E-state index contributed by atoms with van der Waals surface area (Å²) in [5.41, 5.74) is 1.91. The van der Waals surface area contributed by atoms with E-state index in [1.807, 2.05) is 32.0 Å². The molecule has 0 saturated carbocycles. The smallest absolute Gasteiger partial charge is 0.224 e. The highest BCUT2D eigenvalue weighted by Gasteiger charge is 2.14. The van der Waals surface area contributed by atoms with E-state index in [4.69, 9.17) is 4.74 Å². The Morgan fingerprint density at radius 1 is 1.43 bits per heavy atom. The number of aryl methyl sites for hydroxylation is 1. The molecule has 1 aliphatic rings. The molecule has 1 unspecified atom stereocenters. The zero-order chi connectivity index (χ0) is 15.1. The zero-order valence-electron chi connectivity index (χ0n) is 13.1. The summed E-state index contributed by atoms with van der Waals surface area (Å²) in [6.45, 7) is 5.69. The lowest BCUT2D eigenvalue weighted by molar-refractivity contribution is -0.116. The topological polar surface area (TPSA) is 50.4 Å². The van der Waals surface area contributed by atoms with E-state index in [0.29, 0.717) is 19.1 Å². The predicted molar refractivity (Wildman–Crippen MR) is 85.9 cm³/mol. The number of piperidine rings is 1. The molecule has 4 heteroatoms. The van der Waals surface area contributed by atoms with Gasteiger partial charge in [0.25, 0.3) is 0 Å². The largest absolute Gasteiger partial charge is 0.494 e. The van der Waals surface area contributed by atoms with E-state index >= 15 is 0 Å². The molecule has 1 aromatic rings. The van der Waals surface area contributed by atoms with Gasteiger partial charge in [-0.1, -0.05) is 6.42 Å². The third-order valence-electron chi connectivity index (χ3n) is 3.92. The van der Waals surface area contributed by atoms with Crippen LogP contribution in [0.4, 0.5) is 5.69 Å². The van der Waals surface area contributed by atoms with E-state index in [1.165, 1.54) is 19.3 Å². The molecular formula is C17H26N2O2. The fourth-order valence-corrected chi connectivity index (χ4v) is 2.72. The molecule has 1 aromatic carbocycles. The molecule has 116 valence electrons. The molecule has 1 amide bonds. The van der Waals surface area contributed by atoms with Crippen LogP contribution in [0.1, 0.15) is 44.6 Å². The monoisotopic (exact) mass is 290 g/mol. The molecule has 0 aliphatic carbocycles. The minimum Gasteiger partial charge on any atom is -0.494 e. The maximum atomic E-state index is 12.0. The van der Waals surface area contributed by atoms with Crippen LogP contribution in [0.15, 0.2) is 18.2 Å². The Bertz CT molecular complexity index is 468. The molecule has 1 heterocycles. The van der Waals surface area contributed by atoms with Gasteiger partial charge in [-0.05, 0) is 63.4 Å². The van der Waals surface area contributed by atoms with E-state index in [2.05, 4.69) is 10.6 Å². The van der Waals surface area contributed by atoms with Gasteiger partial charge in [-0.2, -0.15) is 0 Å². The molecule has 0 bridgehead atoms. The van der Waals surface area contributed by atoms with Crippen LogP contribution in [0, 0.1) is 6.92 Å². The van der Waals surface area contributed by atoms with Gasteiger partial charge in [0.05, 0.1) is 6.61 Å². The third-order valence-corrected chi connectivity index (χ3v) is 3.92. The lowest BCUT2D eigenvalue weighted by atomic mass is 10.0. The number of carbonyl (C=O) groups is 1. The Kier molecular flexibility index (Phi) is 6.05. The Balaban J connectivity index is 1.81. The average Bonchev–Trinajstić information content (AvgIpc) is 2.49. The van der Waals surface area contributed by atoms with Crippen molar-refractivity contribution in [2.45, 2.75) is 52.0 Å². The molecule has 0 radical (unpaired) electrons. The molecule has 21 heavy (non-hydrogen) atoms. The Hall–Kier alpha value is -1.55. The summed E-state index contributed by atoms with van der Waals surface area (Å²) in [5.74, 6) is 0.939. The van der Waals surface area contributed by atoms with Crippen molar-refractivity contribution in [3.05, 3.63) is 23.8 Å². The van der Waals surface area contributed by atoms with Crippen LogP contribution >= 0.6 is 0 Å². The summed E-state index contributed by atoms with van der Waals surface area (Å²) in [7, 11) is 0. The lowest BCUT2D eigenvalue weighted by Gasteiger charge is -2.23. The van der Waals surface area contributed by atoms with Crippen molar-refractivity contribution >= 4 is 11.6 Å². The Labute approximate surface area is 127 Å². The van der Waals surface area contributed by atoms with Crippen LogP contribution in [0.2, 0.25) is 0 Å². The fourth-order valence-electron chi connectivity index (χ4n) is 2.72. The van der Waals surface area contributed by atoms with E-state index in [1.54, 1.807) is 0 Å². The quantitative estimate of drug-likeness (QED) is 0.845. The van der Waals surface area contributed by atoms with Crippen molar-refractivity contribution in [2.75, 3.05) is 18.5 Å². The van der Waals surface area contributed by atoms with E-state index in [9.17, 15) is 4.79 Å². The van der Waals surface area contributed by atoms with Gasteiger partial charge in [-0.15, -0.1) is 0 Å². The highest BCUT2D eigenvalue weighted by Crippen LogP contribution is 2.22. The molecule has 2 N–H and O–H groups in total. The van der Waals surface area contributed by atoms with Gasteiger partial charge < -0.3 is 15.4 Å². The zero-order valence-corrected chi connectivity index (χ0v) is 13.1. The first-order chi connectivity index (χ1) is 10.2. The molecule has 1 saturated heterocycles. The van der Waals surface area contributed by atoms with Crippen LogP contribution in [0.3, 0.4) is 0 Å². The van der Waals surface area contributed by atoms with Gasteiger partial charge >= 0.3 is 0 Å². The van der Waals surface area contributed by atoms with Crippen molar-refractivity contribution in [3.8, 4) is 5.75 Å². The normalized spacial score (nSPS) is 18.3. The van der Waals surface area contributed by atoms with Crippen LogP contribution in [0.25, 0.3) is 0 Å². The molecule has 2 rings (SSSR count). The maximum absolute atomic E-state index is 12.0. The van der Waals surface area contributed by atoms with Crippen molar-refractivity contribution in [3.63, 3.8) is 0 Å². The number of ether oxygens (including phenoxy) is 1. The SMILES string of the molecule is CCOc1ccc(NC(=O)CCC2CCCCN2)c(C)c1. The van der Waals surface area contributed by atoms with Crippen molar-refractivity contribution in [1.29, 1.82) is 0 Å². The van der Waals surface area contributed by atoms with E-state index < -0.39 is 0 Å². The summed E-state index contributed by atoms with van der Waals surface area (Å²) < 4.78 is 5.45. The van der Waals surface area contributed by atoms with Crippen LogP contribution in [-0.2, 0) is 4.79 Å². The minimum atomic E-state index is 0.0923. The molecule has 0 aromatic heterocycles. The van der Waals surface area contributed by atoms with Gasteiger partial charge in [-0.3, -0.25) is 4.79 Å². The highest BCUT2D eigenvalue weighted by molar-refractivity contribution is 5.91. The summed E-state index contributed by atoms with van der Waals surface area (Å²) in [5, 5.41) is 6.47. The molecule has 1 fully saturated rings. The number of nitrogens with one attached hydrogen (secondary N) is 2. The number of rotatable bonds is 6. The molecular weight excluding hydrogens is 264 g/mol. The Morgan fingerprint density at radius 2 is 2.29 bits per heavy atom. The number of carbonyl (C=O) groups excluding carboxylic acids is 1. The first-order valence-corrected chi connectivity index (χ1v) is 7.95. The fraction of sp³-hybridized carbons (Fsp3) is 0.588. The van der Waals surface area contributed by atoms with Crippen LogP contribution in [0.5, 0.6) is 5.75 Å². The van der Waals surface area contributed by atoms with Crippen molar-refractivity contribution in [1.82, 2.24) is 5.32 Å². The summed E-state index contributed by atoms with van der Waals surface area (Å²) in [4.78, 5) is 12.0. The molecule has 1 aliphatic heterocycles. The second kappa shape index (κ2) is 8.03. The Morgan fingerprint density at radius 3 is 2.95 bits per heavy atom. The summed E-state index contributed by atoms with van der Waals surface area (Å²) in [6, 6.07) is 6.28. The summed E-state index contributed by atoms with van der Waals surface area (Å²) in [6.07, 6.45) is 5.22. The predicted octanol–water partition coefficient (Wildman–Crippen LogP) is 3.25. The number of hydrogen-bond donors (Lipinski definition) is 2. The number of amides is 1. The number of benzene rings is 1. The first-order valence-electron chi connectivity index (χ1n) is 7.95. The average molecular weight is 290 g/mol. The van der Waals surface area contributed by atoms with Gasteiger partial charge in [0.2, 0.25) is 5.91 Å². The number of anilines is 1. The van der Waals surface area contributed by atoms with Gasteiger partial charge in [-0.25, -0.2) is 0 Å². The van der Waals surface area contributed by atoms with E-state index in [-0.39, 0.29) is 5.91 Å². The van der Waals surface area contributed by atoms with Crippen LogP contribution < -0.4 is 15.4 Å². The standard InChI is InChI=1S/C17H26N2O2/c1-3-21-15-8-9-16(13(2)12-15)19-17(20)10-7-14-6-4-5-11-18-14/h8-9,12,14,18H,3-7,10-11H2,1-2H3,(H,19,20). The van der Waals surface area contributed by atoms with Crippen molar-refractivity contribution in [2.24, 2.45) is 0 Å². The van der Waals surface area contributed by atoms with E-state index in [0.717, 1.165) is 30.0 Å². The van der Waals surface area contributed by atoms with Crippen molar-refractivity contribution < 1.29 is 9.53 Å². The maximum Gasteiger partial charge on any atom is 0.224 e. The van der Waals surface area contributed by atoms with Gasteiger partial charge in [0.1, 0.15) is 5.75 Å². The molecule has 0 spiro atoms. The molecule has 4 nitrogen and oxygen atoms in total. The minimum absolute atomic E-state index is 0.0923.